The normalized spacial score (nSPS) is 10.3. The zero-order valence-corrected chi connectivity index (χ0v) is 8.74. The molecule has 0 aromatic heterocycles. The van der Waals surface area contributed by atoms with Crippen molar-refractivity contribution >= 4 is 26.7 Å². The van der Waals surface area contributed by atoms with Gasteiger partial charge >= 0.3 is 0 Å². The molecule has 0 atom stereocenters. The summed E-state index contributed by atoms with van der Waals surface area (Å²) in [6.45, 7) is 0. The molecule has 0 aliphatic rings. The van der Waals surface area contributed by atoms with Gasteiger partial charge in [0.25, 0.3) is 0 Å². The molecular weight excluding hydrogens is 232 g/mol. The van der Waals surface area contributed by atoms with Crippen LogP contribution in [-0.2, 0) is 4.79 Å². The smallest absolute Gasteiger partial charge is 0.220 e. The molecule has 0 saturated heterocycles. The van der Waals surface area contributed by atoms with Gasteiger partial charge in [-0.25, -0.2) is 0 Å². The number of carbonyl (C=O) groups is 1. The Morgan fingerprint density at radius 1 is 1.54 bits per heavy atom. The monoisotopic (exact) mass is 240 g/mol. The average Bonchev–Trinajstić information content (AvgIpc) is 2.15. The largest absolute Gasteiger partial charge is 0.497 e. The number of carbonyl (C=O) groups excluding carboxylic acids is 1. The van der Waals surface area contributed by atoms with E-state index in [1.54, 1.807) is 13.2 Å². The summed E-state index contributed by atoms with van der Waals surface area (Å²) in [5.41, 5.74) is 0.937. The van der Waals surface area contributed by atoms with Crippen molar-refractivity contribution in [2.75, 3.05) is 7.11 Å². The number of hydrogen-bond donors (Lipinski definition) is 0. The predicted octanol–water partition coefficient (Wildman–Crippen LogP) is 2.63. The molecule has 68 valence electrons. The van der Waals surface area contributed by atoms with E-state index in [9.17, 15) is 4.79 Å². The van der Waals surface area contributed by atoms with Gasteiger partial charge in [0.2, 0.25) is 4.69 Å². The summed E-state index contributed by atoms with van der Waals surface area (Å²) in [6, 6.07) is 7.48. The highest BCUT2D eigenvalue weighted by Crippen LogP contribution is 2.13. The summed E-state index contributed by atoms with van der Waals surface area (Å²) in [7, 11) is 1.61. The van der Waals surface area contributed by atoms with Crippen LogP contribution in [0, 0.1) is 0 Å². The number of hydrogen-bond acceptors (Lipinski definition) is 2. The van der Waals surface area contributed by atoms with Crippen molar-refractivity contribution in [1.82, 2.24) is 0 Å². The molecule has 0 aliphatic carbocycles. The minimum Gasteiger partial charge on any atom is -0.497 e. The van der Waals surface area contributed by atoms with E-state index in [0.29, 0.717) is 0 Å². The van der Waals surface area contributed by atoms with E-state index in [2.05, 4.69) is 15.9 Å². The molecule has 0 fully saturated rings. The van der Waals surface area contributed by atoms with E-state index in [4.69, 9.17) is 4.74 Å². The minimum atomic E-state index is -0.143. The van der Waals surface area contributed by atoms with Gasteiger partial charge in [-0.15, -0.1) is 0 Å². The molecule has 1 aromatic carbocycles. The molecule has 0 saturated carbocycles. The fourth-order valence-corrected chi connectivity index (χ4v) is 1.04. The molecule has 0 unspecified atom stereocenters. The fraction of sp³-hybridized carbons (Fsp3) is 0.100. The van der Waals surface area contributed by atoms with Crippen LogP contribution in [0.15, 0.2) is 30.3 Å². The van der Waals surface area contributed by atoms with Crippen LogP contribution in [0.4, 0.5) is 0 Å². The van der Waals surface area contributed by atoms with Gasteiger partial charge in [0, 0.05) is 0 Å². The van der Waals surface area contributed by atoms with Gasteiger partial charge in [0.1, 0.15) is 5.75 Å². The van der Waals surface area contributed by atoms with E-state index >= 15 is 0 Å². The molecule has 3 heteroatoms. The Balaban J connectivity index is 2.83. The van der Waals surface area contributed by atoms with Crippen molar-refractivity contribution in [3.63, 3.8) is 0 Å². The van der Waals surface area contributed by atoms with Crippen molar-refractivity contribution in [1.29, 1.82) is 0 Å². The molecule has 13 heavy (non-hydrogen) atoms. The molecule has 0 radical (unpaired) electrons. The third-order valence-electron chi connectivity index (χ3n) is 1.50. The molecular formula is C10H9BrO2. The summed E-state index contributed by atoms with van der Waals surface area (Å²) >= 11 is 2.81. The molecule has 1 rings (SSSR count). The maximum atomic E-state index is 10.6. The number of ether oxygens (including phenoxy) is 1. The van der Waals surface area contributed by atoms with Crippen molar-refractivity contribution < 1.29 is 9.53 Å². The topological polar surface area (TPSA) is 26.3 Å². The first kappa shape index (κ1) is 9.99. The summed E-state index contributed by atoms with van der Waals surface area (Å²) in [5, 5.41) is 0. The minimum absolute atomic E-state index is 0.143. The maximum absolute atomic E-state index is 10.6. The van der Waals surface area contributed by atoms with E-state index in [1.807, 2.05) is 24.3 Å². The number of methoxy groups -OCH3 is 1. The van der Waals surface area contributed by atoms with Crippen LogP contribution in [0.3, 0.4) is 0 Å². The van der Waals surface area contributed by atoms with Crippen molar-refractivity contribution in [3.05, 3.63) is 35.9 Å². The quantitative estimate of drug-likeness (QED) is 0.600. The Labute approximate surface area is 85.3 Å². The summed E-state index contributed by atoms with van der Waals surface area (Å²) in [4.78, 5) is 10.6. The average molecular weight is 241 g/mol. The van der Waals surface area contributed by atoms with Crippen LogP contribution in [0.5, 0.6) is 5.75 Å². The fourth-order valence-electron chi connectivity index (χ4n) is 0.907. The Hall–Kier alpha value is -1.09. The highest BCUT2D eigenvalue weighted by molar-refractivity contribution is 9.18. The molecule has 1 aromatic rings. The van der Waals surface area contributed by atoms with Gasteiger partial charge in [-0.05, 0) is 39.7 Å². The molecule has 0 heterocycles. The summed E-state index contributed by atoms with van der Waals surface area (Å²) < 4.78 is 4.89. The Morgan fingerprint density at radius 2 is 2.31 bits per heavy atom. The van der Waals surface area contributed by atoms with E-state index in [0.717, 1.165) is 11.3 Å². The second-order valence-corrected chi connectivity index (χ2v) is 3.20. The number of halogens is 1. The van der Waals surface area contributed by atoms with E-state index in [-0.39, 0.29) is 4.69 Å². The summed E-state index contributed by atoms with van der Waals surface area (Å²) in [6.07, 6.45) is 3.17. The third-order valence-corrected chi connectivity index (χ3v) is 1.76. The number of rotatable bonds is 3. The van der Waals surface area contributed by atoms with Crippen molar-refractivity contribution in [3.8, 4) is 5.75 Å². The van der Waals surface area contributed by atoms with Crippen LogP contribution in [-0.4, -0.2) is 11.8 Å². The molecule has 0 aliphatic heterocycles. The van der Waals surface area contributed by atoms with Crippen LogP contribution in [0.2, 0.25) is 0 Å². The SMILES string of the molecule is COc1cccc(/C=C/C(=O)Br)c1. The Kier molecular flexibility index (Phi) is 3.71. The lowest BCUT2D eigenvalue weighted by Gasteiger charge is -1.99. The lowest BCUT2D eigenvalue weighted by atomic mass is 10.2. The van der Waals surface area contributed by atoms with Crippen molar-refractivity contribution in [2.24, 2.45) is 0 Å². The molecule has 0 bridgehead atoms. The van der Waals surface area contributed by atoms with Gasteiger partial charge in [-0.3, -0.25) is 4.79 Å². The van der Waals surface area contributed by atoms with Gasteiger partial charge in [-0.2, -0.15) is 0 Å². The Morgan fingerprint density at radius 3 is 2.92 bits per heavy atom. The summed E-state index contributed by atoms with van der Waals surface area (Å²) in [5.74, 6) is 0.782. The van der Waals surface area contributed by atoms with Gasteiger partial charge < -0.3 is 4.74 Å². The van der Waals surface area contributed by atoms with Crippen LogP contribution < -0.4 is 4.74 Å². The Bertz CT molecular complexity index is 331. The van der Waals surface area contributed by atoms with Gasteiger partial charge in [-0.1, -0.05) is 18.2 Å². The number of benzene rings is 1. The zero-order chi connectivity index (χ0) is 9.68. The zero-order valence-electron chi connectivity index (χ0n) is 7.16. The number of allylic oxidation sites excluding steroid dienone is 1. The van der Waals surface area contributed by atoms with Gasteiger partial charge in [0.15, 0.2) is 0 Å². The second kappa shape index (κ2) is 4.82. The standard InChI is InChI=1S/C10H9BrO2/c1-13-9-4-2-3-8(7-9)5-6-10(11)12/h2-7H,1H3/b6-5+. The van der Waals surface area contributed by atoms with Crippen molar-refractivity contribution in [2.45, 2.75) is 0 Å². The first-order chi connectivity index (χ1) is 6.22. The maximum Gasteiger partial charge on any atom is 0.220 e. The van der Waals surface area contributed by atoms with Crippen LogP contribution >= 0.6 is 15.9 Å². The van der Waals surface area contributed by atoms with Crippen LogP contribution in [0.1, 0.15) is 5.56 Å². The second-order valence-electron chi connectivity index (χ2n) is 2.41. The first-order valence-corrected chi connectivity index (χ1v) is 4.53. The highest BCUT2D eigenvalue weighted by atomic mass is 79.9. The lowest BCUT2D eigenvalue weighted by molar-refractivity contribution is -0.106. The molecule has 2 nitrogen and oxygen atoms in total. The molecule has 0 amide bonds. The van der Waals surface area contributed by atoms with Crippen LogP contribution in [0.25, 0.3) is 6.08 Å². The predicted molar refractivity (Wildman–Crippen MR) is 56.0 cm³/mol. The lowest BCUT2D eigenvalue weighted by Crippen LogP contribution is -1.82. The highest BCUT2D eigenvalue weighted by Gasteiger charge is 1.91. The first-order valence-electron chi connectivity index (χ1n) is 3.74. The molecule has 0 spiro atoms. The molecule has 0 N–H and O–H groups in total. The third kappa shape index (κ3) is 3.42. The van der Waals surface area contributed by atoms with Gasteiger partial charge in [0.05, 0.1) is 7.11 Å². The van der Waals surface area contributed by atoms with E-state index in [1.165, 1.54) is 6.08 Å². The van der Waals surface area contributed by atoms with E-state index < -0.39 is 0 Å².